The summed E-state index contributed by atoms with van der Waals surface area (Å²) in [4.78, 5) is 2.19. The molecule has 0 saturated carbocycles. The van der Waals surface area contributed by atoms with Crippen LogP contribution in [0.3, 0.4) is 0 Å². The van der Waals surface area contributed by atoms with Gasteiger partial charge in [0.25, 0.3) is 0 Å². The molecule has 1 N–H and O–H groups in total. The Kier molecular flexibility index (Phi) is 9.64. The maximum Gasteiger partial charge on any atom is 0.0704 e. The van der Waals surface area contributed by atoms with Gasteiger partial charge in [-0.3, -0.25) is 4.68 Å². The molecule has 0 saturated heterocycles. The molecule has 1 aromatic rings. The lowest BCUT2D eigenvalue weighted by Crippen LogP contribution is -2.29. The Labute approximate surface area is 142 Å². The highest BCUT2D eigenvalue weighted by molar-refractivity contribution is 9.10. The smallest absolute Gasteiger partial charge is 0.0704 e. The first kappa shape index (κ1) is 19.0. The molecule has 0 radical (unpaired) electrons. The minimum Gasteiger partial charge on any atom is -0.308 e. The van der Waals surface area contributed by atoms with Crippen LogP contribution in [0.25, 0.3) is 0 Å². The number of rotatable bonds is 11. The molecule has 0 aliphatic heterocycles. The predicted molar refractivity (Wildman–Crippen MR) is 97.1 cm³/mol. The number of hydrogen-bond donors (Lipinski definition) is 1. The van der Waals surface area contributed by atoms with Gasteiger partial charge < -0.3 is 10.2 Å². The summed E-state index contributed by atoms with van der Waals surface area (Å²) < 4.78 is 3.26. The Morgan fingerprint density at radius 1 is 1.38 bits per heavy atom. The molecule has 4 nitrogen and oxygen atoms in total. The van der Waals surface area contributed by atoms with Crippen LogP contribution in [0, 0.1) is 0 Å². The zero-order chi connectivity index (χ0) is 15.7. The van der Waals surface area contributed by atoms with Gasteiger partial charge in [0.2, 0.25) is 0 Å². The van der Waals surface area contributed by atoms with Gasteiger partial charge in [0.1, 0.15) is 0 Å². The molecule has 0 bridgehead atoms. The van der Waals surface area contributed by atoms with Crippen LogP contribution in [-0.2, 0) is 6.54 Å². The highest BCUT2D eigenvalue weighted by Crippen LogP contribution is 2.26. The van der Waals surface area contributed by atoms with E-state index in [9.17, 15) is 0 Å². The van der Waals surface area contributed by atoms with Crippen molar-refractivity contribution < 1.29 is 0 Å². The topological polar surface area (TPSA) is 33.1 Å². The van der Waals surface area contributed by atoms with E-state index in [-0.39, 0.29) is 0 Å². The van der Waals surface area contributed by atoms with Crippen molar-refractivity contribution in [2.24, 2.45) is 0 Å². The molecule has 0 aromatic carbocycles. The van der Waals surface area contributed by atoms with Crippen molar-refractivity contribution in [3.63, 3.8) is 0 Å². The van der Waals surface area contributed by atoms with Gasteiger partial charge in [0.05, 0.1) is 29.0 Å². The van der Waals surface area contributed by atoms with E-state index in [1.807, 2.05) is 18.0 Å². The van der Waals surface area contributed by atoms with Gasteiger partial charge in [-0.05, 0) is 55.2 Å². The number of nitrogens with zero attached hydrogens (tertiary/aromatic N) is 3. The first-order valence-electron chi connectivity index (χ1n) is 7.77. The molecule has 0 fully saturated rings. The zero-order valence-corrected chi connectivity index (χ0v) is 16.1. The maximum atomic E-state index is 4.54. The fraction of sp³-hybridized carbons (Fsp3) is 0.800. The average molecular weight is 377 g/mol. The van der Waals surface area contributed by atoms with Crippen LogP contribution in [0.1, 0.15) is 38.4 Å². The van der Waals surface area contributed by atoms with Crippen LogP contribution in [0.2, 0.25) is 0 Å². The summed E-state index contributed by atoms with van der Waals surface area (Å²) >= 11 is 5.70. The molecule has 0 aliphatic carbocycles. The van der Waals surface area contributed by atoms with Gasteiger partial charge in [0, 0.05) is 12.3 Å². The number of halogens is 1. The van der Waals surface area contributed by atoms with E-state index in [4.69, 9.17) is 0 Å². The van der Waals surface area contributed by atoms with Gasteiger partial charge in [-0.15, -0.1) is 0 Å². The normalized spacial score (nSPS) is 13.0. The maximum absolute atomic E-state index is 4.54. The second-order valence-corrected chi connectivity index (χ2v) is 7.49. The minimum atomic E-state index is 0.362. The van der Waals surface area contributed by atoms with Crippen LogP contribution in [0.15, 0.2) is 10.7 Å². The van der Waals surface area contributed by atoms with E-state index in [1.54, 1.807) is 0 Å². The molecule has 1 atom stereocenters. The number of nitrogens with one attached hydrogen (secondary N) is 1. The Bertz CT molecular complexity index is 395. The standard InChI is InChI=1S/C15H29BrN4S/c1-5-7-17-14(12-21-10-6-2)15-13(16)11-18-20(15)9-8-19(3)4/h11,14,17H,5-10,12H2,1-4H3. The molecule has 0 spiro atoms. The highest BCUT2D eigenvalue weighted by Gasteiger charge is 2.19. The number of likely N-dealkylation sites (N-methyl/N-ethyl adjacent to an activating group) is 1. The lowest BCUT2D eigenvalue weighted by atomic mass is 10.2. The van der Waals surface area contributed by atoms with Gasteiger partial charge in [-0.25, -0.2) is 0 Å². The third-order valence-corrected chi connectivity index (χ3v) is 5.07. The van der Waals surface area contributed by atoms with Gasteiger partial charge in [-0.2, -0.15) is 16.9 Å². The van der Waals surface area contributed by atoms with Crippen molar-refractivity contribution in [3.05, 3.63) is 16.4 Å². The van der Waals surface area contributed by atoms with E-state index >= 15 is 0 Å². The van der Waals surface area contributed by atoms with E-state index in [0.29, 0.717) is 6.04 Å². The van der Waals surface area contributed by atoms with Gasteiger partial charge in [0.15, 0.2) is 0 Å². The lowest BCUT2D eigenvalue weighted by Gasteiger charge is -2.21. The second kappa shape index (κ2) is 10.6. The molecule has 1 rings (SSSR count). The monoisotopic (exact) mass is 376 g/mol. The Morgan fingerprint density at radius 2 is 2.14 bits per heavy atom. The van der Waals surface area contributed by atoms with Crippen molar-refractivity contribution in [2.45, 2.75) is 39.3 Å². The average Bonchev–Trinajstić information content (AvgIpc) is 2.81. The third-order valence-electron chi connectivity index (χ3n) is 3.20. The first-order chi connectivity index (χ1) is 10.1. The van der Waals surface area contributed by atoms with Crippen LogP contribution >= 0.6 is 27.7 Å². The third kappa shape index (κ3) is 6.72. The molecule has 1 unspecified atom stereocenters. The highest BCUT2D eigenvalue weighted by atomic mass is 79.9. The van der Waals surface area contributed by atoms with Crippen molar-refractivity contribution in [3.8, 4) is 0 Å². The minimum absolute atomic E-state index is 0.362. The van der Waals surface area contributed by atoms with Crippen LogP contribution < -0.4 is 5.32 Å². The Morgan fingerprint density at radius 3 is 2.76 bits per heavy atom. The number of thioether (sulfide) groups is 1. The first-order valence-corrected chi connectivity index (χ1v) is 9.71. The quantitative estimate of drug-likeness (QED) is 0.600. The summed E-state index contributed by atoms with van der Waals surface area (Å²) in [6.07, 6.45) is 4.31. The largest absolute Gasteiger partial charge is 0.308 e. The molecule has 1 aromatic heterocycles. The van der Waals surface area contributed by atoms with Crippen LogP contribution in [0.5, 0.6) is 0 Å². The summed E-state index contributed by atoms with van der Waals surface area (Å²) in [5.41, 5.74) is 1.29. The molecular weight excluding hydrogens is 348 g/mol. The van der Waals surface area contributed by atoms with Crippen molar-refractivity contribution in [1.29, 1.82) is 0 Å². The van der Waals surface area contributed by atoms with Gasteiger partial charge in [-0.1, -0.05) is 13.8 Å². The van der Waals surface area contributed by atoms with Crippen molar-refractivity contribution in [2.75, 3.05) is 38.7 Å². The summed E-state index contributed by atoms with van der Waals surface area (Å²) in [5, 5.41) is 8.21. The Hall–Kier alpha value is -0.0400. The molecule has 21 heavy (non-hydrogen) atoms. The zero-order valence-electron chi connectivity index (χ0n) is 13.7. The van der Waals surface area contributed by atoms with Crippen LogP contribution in [0.4, 0.5) is 0 Å². The molecule has 6 heteroatoms. The summed E-state index contributed by atoms with van der Waals surface area (Å²) in [6.45, 7) is 7.42. The van der Waals surface area contributed by atoms with Crippen molar-refractivity contribution >= 4 is 27.7 Å². The van der Waals surface area contributed by atoms with Crippen LogP contribution in [-0.4, -0.2) is 53.4 Å². The second-order valence-electron chi connectivity index (χ2n) is 5.49. The summed E-state index contributed by atoms with van der Waals surface area (Å²) in [5.74, 6) is 2.31. The van der Waals surface area contributed by atoms with Crippen molar-refractivity contribution in [1.82, 2.24) is 20.0 Å². The molecule has 0 amide bonds. The molecule has 1 heterocycles. The fourth-order valence-corrected chi connectivity index (χ4v) is 3.63. The predicted octanol–water partition coefficient (Wildman–Crippen LogP) is 3.39. The molecule has 0 aliphatic rings. The fourth-order valence-electron chi connectivity index (χ4n) is 2.09. The molecular formula is C15H29BrN4S. The SMILES string of the molecule is CCCNC(CSCCC)c1c(Br)cnn1CCN(C)C. The van der Waals surface area contributed by atoms with E-state index in [0.717, 1.165) is 36.3 Å². The number of hydrogen-bond acceptors (Lipinski definition) is 4. The van der Waals surface area contributed by atoms with E-state index < -0.39 is 0 Å². The lowest BCUT2D eigenvalue weighted by molar-refractivity contribution is 0.364. The van der Waals surface area contributed by atoms with Gasteiger partial charge >= 0.3 is 0 Å². The summed E-state index contributed by atoms with van der Waals surface area (Å²) in [7, 11) is 4.20. The Balaban J connectivity index is 2.80. The number of aromatic nitrogens is 2. The summed E-state index contributed by atoms with van der Waals surface area (Å²) in [6, 6.07) is 0.362. The van der Waals surface area contributed by atoms with E-state index in [1.165, 1.54) is 17.9 Å². The van der Waals surface area contributed by atoms with E-state index in [2.05, 4.69) is 63.9 Å². The molecule has 122 valence electrons.